The highest BCUT2D eigenvalue weighted by molar-refractivity contribution is 5.97. The number of ether oxygens (including phenoxy) is 4. The molecule has 0 spiro atoms. The van der Waals surface area contributed by atoms with Crippen LogP contribution < -0.4 is 0 Å². The summed E-state index contributed by atoms with van der Waals surface area (Å²) in [5.41, 5.74) is 1.52. The molecule has 2 aromatic carbocycles. The lowest BCUT2D eigenvalue weighted by atomic mass is 9.95. The molecule has 0 aliphatic carbocycles. The van der Waals surface area contributed by atoms with E-state index >= 15 is 0 Å². The molecule has 0 amide bonds. The fourth-order valence-corrected chi connectivity index (χ4v) is 3.76. The molecule has 36 heavy (non-hydrogen) atoms. The Bertz CT molecular complexity index is 1270. The maximum Gasteiger partial charge on any atom is 0.347 e. The minimum Gasteiger partial charge on any atom is -0.478 e. The number of hydrogen-bond acceptors (Lipinski definition) is 7. The van der Waals surface area contributed by atoms with Crippen molar-refractivity contribution in [1.29, 1.82) is 0 Å². The van der Waals surface area contributed by atoms with E-state index < -0.39 is 36.2 Å². The third-order valence-electron chi connectivity index (χ3n) is 5.39. The van der Waals surface area contributed by atoms with Crippen molar-refractivity contribution in [2.45, 2.75) is 25.2 Å². The zero-order valence-electron chi connectivity index (χ0n) is 19.5. The molecule has 0 saturated carbocycles. The molecule has 2 heterocycles. The quantitative estimate of drug-likeness (QED) is 0.247. The van der Waals surface area contributed by atoms with E-state index in [0.29, 0.717) is 0 Å². The number of carbonyl (C=O) groups is 3. The van der Waals surface area contributed by atoms with Crippen LogP contribution in [0.4, 0.5) is 0 Å². The molecule has 0 bridgehead atoms. The van der Waals surface area contributed by atoms with E-state index in [9.17, 15) is 14.4 Å². The van der Waals surface area contributed by atoms with Gasteiger partial charge in [0.1, 0.15) is 5.57 Å². The second-order valence-electron chi connectivity index (χ2n) is 7.91. The van der Waals surface area contributed by atoms with Gasteiger partial charge < -0.3 is 18.9 Å². The molecule has 2 aliphatic rings. The number of hydrogen-bond donors (Lipinski definition) is 0. The van der Waals surface area contributed by atoms with E-state index in [-0.39, 0.29) is 17.1 Å². The number of carbonyl (C=O) groups excluding carboxylic acids is 3. The molecular weight excluding hydrogens is 460 g/mol. The van der Waals surface area contributed by atoms with E-state index in [1.807, 2.05) is 60.7 Å². The molecule has 0 N–H and O–H groups in total. The molecule has 0 aromatic heterocycles. The molecule has 2 aliphatic heterocycles. The third-order valence-corrected chi connectivity index (χ3v) is 5.39. The van der Waals surface area contributed by atoms with Gasteiger partial charge in [-0.3, -0.25) is 0 Å². The van der Waals surface area contributed by atoms with Gasteiger partial charge in [0.25, 0.3) is 0 Å². The van der Waals surface area contributed by atoms with Crippen LogP contribution >= 0.6 is 0 Å². The standard InChI is InChI=1S/C29H24O7/c1-3-10-22-27(35-23(30)17-15-20-11-6-4-7-12-20)28(25-26(34-22)19(2)33-29(25)32)36-24(31)18-16-21-13-8-5-9-14-21/h3-18,22,27-28H,2H2,1H3/b10-3+,17-15+,18-16+/t22-,27-,28-/m0/s1. The van der Waals surface area contributed by atoms with Crippen LogP contribution in [0.25, 0.3) is 12.2 Å². The third kappa shape index (κ3) is 5.70. The molecule has 3 atom stereocenters. The van der Waals surface area contributed by atoms with Gasteiger partial charge in [-0.2, -0.15) is 0 Å². The van der Waals surface area contributed by atoms with Crippen molar-refractivity contribution in [1.82, 2.24) is 0 Å². The second kappa shape index (κ2) is 11.2. The number of rotatable bonds is 7. The van der Waals surface area contributed by atoms with Gasteiger partial charge in [0.15, 0.2) is 29.8 Å². The largest absolute Gasteiger partial charge is 0.478 e. The Balaban J connectivity index is 1.61. The summed E-state index contributed by atoms with van der Waals surface area (Å²) in [7, 11) is 0. The average Bonchev–Trinajstić information content (AvgIpc) is 3.17. The average molecular weight is 485 g/mol. The Hall–Kier alpha value is -4.65. The minimum absolute atomic E-state index is 0.000806. The van der Waals surface area contributed by atoms with Crippen LogP contribution in [0.1, 0.15) is 18.1 Å². The van der Waals surface area contributed by atoms with Crippen molar-refractivity contribution in [2.24, 2.45) is 0 Å². The molecule has 7 nitrogen and oxygen atoms in total. The van der Waals surface area contributed by atoms with Gasteiger partial charge in [0.2, 0.25) is 0 Å². The Morgan fingerprint density at radius 3 is 2.00 bits per heavy atom. The highest BCUT2D eigenvalue weighted by Gasteiger charge is 2.50. The molecule has 0 saturated heterocycles. The molecular formula is C29H24O7. The summed E-state index contributed by atoms with van der Waals surface area (Å²) in [4.78, 5) is 38.1. The van der Waals surface area contributed by atoms with Crippen molar-refractivity contribution in [3.8, 4) is 0 Å². The summed E-state index contributed by atoms with van der Waals surface area (Å²) in [5, 5.41) is 0. The fraction of sp³-hybridized carbons (Fsp3) is 0.138. The smallest absolute Gasteiger partial charge is 0.347 e. The summed E-state index contributed by atoms with van der Waals surface area (Å²) < 4.78 is 22.3. The van der Waals surface area contributed by atoms with E-state index in [0.717, 1.165) is 11.1 Å². The maximum atomic E-state index is 12.7. The van der Waals surface area contributed by atoms with Crippen LogP contribution in [0.3, 0.4) is 0 Å². The summed E-state index contributed by atoms with van der Waals surface area (Å²) in [5.74, 6) is -2.14. The highest BCUT2D eigenvalue weighted by Crippen LogP contribution is 2.38. The van der Waals surface area contributed by atoms with Gasteiger partial charge in [0, 0.05) is 12.2 Å². The van der Waals surface area contributed by atoms with Gasteiger partial charge in [-0.15, -0.1) is 0 Å². The van der Waals surface area contributed by atoms with Crippen molar-refractivity contribution in [3.63, 3.8) is 0 Å². The summed E-state index contributed by atoms with van der Waals surface area (Å²) >= 11 is 0. The molecule has 0 radical (unpaired) electrons. The zero-order valence-corrected chi connectivity index (χ0v) is 19.5. The van der Waals surface area contributed by atoms with Crippen LogP contribution in [0, 0.1) is 0 Å². The lowest BCUT2D eigenvalue weighted by molar-refractivity contribution is -0.169. The Morgan fingerprint density at radius 1 is 0.889 bits per heavy atom. The summed E-state index contributed by atoms with van der Waals surface area (Å²) in [6.07, 6.45) is 5.72. The first kappa shape index (κ1) is 24.5. The first-order valence-electron chi connectivity index (χ1n) is 11.3. The van der Waals surface area contributed by atoms with Gasteiger partial charge in [-0.25, -0.2) is 14.4 Å². The van der Waals surface area contributed by atoms with Crippen LogP contribution in [-0.2, 0) is 33.3 Å². The molecule has 2 aromatic rings. The predicted molar refractivity (Wildman–Crippen MR) is 133 cm³/mol. The topological polar surface area (TPSA) is 88.1 Å². The molecule has 4 rings (SSSR count). The SMILES string of the molecule is C=C1OC(=O)C2=C1O[C@@H](/C=C/C)[C@H](OC(=O)/C=C/c1ccccc1)[C@H]2OC(=O)/C=C/c1ccccc1. The van der Waals surface area contributed by atoms with E-state index in [1.54, 1.807) is 31.2 Å². The molecule has 0 fully saturated rings. The highest BCUT2D eigenvalue weighted by atomic mass is 16.6. The normalized spacial score (nSPS) is 21.5. The van der Waals surface area contributed by atoms with E-state index in [2.05, 4.69) is 6.58 Å². The fourth-order valence-electron chi connectivity index (χ4n) is 3.76. The first-order valence-corrected chi connectivity index (χ1v) is 11.3. The molecule has 7 heteroatoms. The van der Waals surface area contributed by atoms with Crippen molar-refractivity contribution in [3.05, 3.63) is 120 Å². The number of allylic oxidation sites excluding steroid dienone is 1. The van der Waals surface area contributed by atoms with Crippen LogP contribution in [0.15, 0.2) is 109 Å². The summed E-state index contributed by atoms with van der Waals surface area (Å²) in [6, 6.07) is 18.4. The van der Waals surface area contributed by atoms with Crippen molar-refractivity contribution >= 4 is 30.1 Å². The first-order chi connectivity index (χ1) is 17.5. The van der Waals surface area contributed by atoms with Crippen molar-refractivity contribution in [2.75, 3.05) is 0 Å². The van der Waals surface area contributed by atoms with Gasteiger partial charge in [-0.1, -0.05) is 73.3 Å². The number of cyclic esters (lactones) is 1. The Labute approximate surface area is 208 Å². The van der Waals surface area contributed by atoms with Gasteiger partial charge in [-0.05, 0) is 36.3 Å². The van der Waals surface area contributed by atoms with E-state index in [1.165, 1.54) is 12.2 Å². The van der Waals surface area contributed by atoms with Crippen LogP contribution in [0.5, 0.6) is 0 Å². The predicted octanol–water partition coefficient (Wildman–Crippen LogP) is 4.54. The maximum absolute atomic E-state index is 12.7. The Morgan fingerprint density at radius 2 is 1.44 bits per heavy atom. The van der Waals surface area contributed by atoms with Crippen LogP contribution in [0.2, 0.25) is 0 Å². The lowest BCUT2D eigenvalue weighted by Crippen LogP contribution is -2.48. The van der Waals surface area contributed by atoms with Crippen molar-refractivity contribution < 1.29 is 33.3 Å². The Kier molecular flexibility index (Phi) is 7.60. The van der Waals surface area contributed by atoms with Crippen LogP contribution in [-0.4, -0.2) is 36.2 Å². The molecule has 182 valence electrons. The summed E-state index contributed by atoms with van der Waals surface area (Å²) in [6.45, 7) is 5.46. The monoisotopic (exact) mass is 484 g/mol. The number of benzene rings is 2. The van der Waals surface area contributed by atoms with Gasteiger partial charge in [0.05, 0.1) is 0 Å². The van der Waals surface area contributed by atoms with Gasteiger partial charge >= 0.3 is 17.9 Å². The second-order valence-corrected chi connectivity index (χ2v) is 7.91. The van der Waals surface area contributed by atoms with E-state index in [4.69, 9.17) is 18.9 Å². The lowest BCUT2D eigenvalue weighted by Gasteiger charge is -2.35. The zero-order chi connectivity index (χ0) is 25.5. The number of esters is 3. The minimum atomic E-state index is -1.27. The molecule has 0 unspecified atom stereocenters.